The normalized spacial score (nSPS) is 18.1. The van der Waals surface area contributed by atoms with E-state index < -0.39 is 9.84 Å². The fraction of sp³-hybridized carbons (Fsp3) is 0.545. The van der Waals surface area contributed by atoms with Crippen LogP contribution in [0.4, 0.5) is 0 Å². The van der Waals surface area contributed by atoms with Gasteiger partial charge in [0.1, 0.15) is 0 Å². The molecule has 0 atom stereocenters. The standard InChI is InChI=1S/C11H16N2O2S2.2ClH/c14-17(15)9-6-13(7-10-17)5-8-16-11-3-1-2-4-12-11;;/h1-4H,5-10H2;2*1H. The zero-order valence-electron chi connectivity index (χ0n) is 10.4. The highest BCUT2D eigenvalue weighted by Crippen LogP contribution is 2.08. The van der Waals surface area contributed by atoms with Gasteiger partial charge in [-0.15, -0.1) is 0 Å². The van der Waals surface area contributed by atoms with Gasteiger partial charge in [0.15, 0.2) is 16.0 Å². The Bertz CT molecular complexity index is 443. The summed E-state index contributed by atoms with van der Waals surface area (Å²) in [7, 11) is -2.73. The van der Waals surface area contributed by atoms with E-state index in [0.29, 0.717) is 11.5 Å². The average molecular weight is 345 g/mol. The summed E-state index contributed by atoms with van der Waals surface area (Å²) in [6.07, 6.45) is 1.92. The minimum atomic E-state index is -2.73. The van der Waals surface area contributed by atoms with Crippen LogP contribution in [0.1, 0.15) is 0 Å². The lowest BCUT2D eigenvalue weighted by Gasteiger charge is -2.23. The maximum absolute atomic E-state index is 11.3. The first-order chi connectivity index (χ1) is 8.16. The Morgan fingerprint density at radius 2 is 1.89 bits per heavy atom. The van der Waals surface area contributed by atoms with Gasteiger partial charge in [0, 0.05) is 12.1 Å². The fourth-order valence-electron chi connectivity index (χ4n) is 1.85. The van der Waals surface area contributed by atoms with Crippen molar-refractivity contribution >= 4 is 21.6 Å². The van der Waals surface area contributed by atoms with E-state index >= 15 is 0 Å². The highest BCUT2D eigenvalue weighted by molar-refractivity contribution is 7.99. The molecule has 0 saturated carbocycles. The second-order valence-corrected chi connectivity index (χ2v) is 7.67. The van der Waals surface area contributed by atoms with E-state index in [1.165, 1.54) is 4.90 Å². The van der Waals surface area contributed by atoms with Crippen LogP contribution in [0.5, 0.6) is 0 Å². The molecule has 19 heavy (non-hydrogen) atoms. The van der Waals surface area contributed by atoms with Crippen molar-refractivity contribution in [2.75, 3.05) is 36.9 Å². The summed E-state index contributed by atoms with van der Waals surface area (Å²) in [5.74, 6) is 1.73. The molecule has 1 aliphatic rings. The number of hydrogen-bond acceptors (Lipinski definition) is 3. The highest BCUT2D eigenvalue weighted by atomic mass is 35.5. The van der Waals surface area contributed by atoms with Gasteiger partial charge in [0.05, 0.1) is 36.9 Å². The number of quaternary nitrogens is 1. The van der Waals surface area contributed by atoms with E-state index in [0.717, 1.165) is 30.4 Å². The molecule has 1 aliphatic heterocycles. The number of nitrogens with one attached hydrogen (secondary N) is 2. The van der Waals surface area contributed by atoms with Crippen molar-refractivity contribution < 1.29 is 43.1 Å². The Kier molecular flexibility index (Phi) is 9.02. The smallest absolute Gasteiger partial charge is 0.238 e. The van der Waals surface area contributed by atoms with Crippen LogP contribution in [0, 0.1) is 0 Å². The van der Waals surface area contributed by atoms with Gasteiger partial charge in [-0.25, -0.2) is 13.4 Å². The first-order valence-electron chi connectivity index (χ1n) is 5.79. The summed E-state index contributed by atoms with van der Waals surface area (Å²) in [5, 5.41) is 1.16. The molecule has 110 valence electrons. The quantitative estimate of drug-likeness (QED) is 0.552. The molecule has 1 aromatic rings. The van der Waals surface area contributed by atoms with E-state index in [1.54, 1.807) is 11.8 Å². The van der Waals surface area contributed by atoms with Crippen LogP contribution in [0.25, 0.3) is 0 Å². The number of aromatic nitrogens is 1. The Morgan fingerprint density at radius 3 is 2.47 bits per heavy atom. The van der Waals surface area contributed by atoms with Crippen molar-refractivity contribution in [3.63, 3.8) is 0 Å². The molecule has 8 heteroatoms. The van der Waals surface area contributed by atoms with Gasteiger partial charge in [-0.2, -0.15) is 0 Å². The predicted molar refractivity (Wildman–Crippen MR) is 67.9 cm³/mol. The lowest BCUT2D eigenvalue weighted by Crippen LogP contribution is -3.14. The topological polar surface area (TPSA) is 52.7 Å². The Balaban J connectivity index is 0.00000162. The van der Waals surface area contributed by atoms with Crippen LogP contribution in [0.15, 0.2) is 29.4 Å². The lowest BCUT2D eigenvalue weighted by molar-refractivity contribution is -0.893. The molecule has 0 spiro atoms. The molecule has 0 bridgehead atoms. The van der Waals surface area contributed by atoms with Crippen LogP contribution >= 0.6 is 11.8 Å². The number of rotatable bonds is 4. The van der Waals surface area contributed by atoms with Crippen molar-refractivity contribution in [1.29, 1.82) is 0 Å². The van der Waals surface area contributed by atoms with Gasteiger partial charge >= 0.3 is 0 Å². The van der Waals surface area contributed by atoms with Crippen molar-refractivity contribution in [3.05, 3.63) is 24.4 Å². The van der Waals surface area contributed by atoms with Crippen LogP contribution in [0.2, 0.25) is 0 Å². The maximum atomic E-state index is 11.3. The molecule has 0 aromatic carbocycles. The third kappa shape index (κ3) is 6.81. The second-order valence-electron chi connectivity index (χ2n) is 4.23. The van der Waals surface area contributed by atoms with E-state index in [9.17, 15) is 8.42 Å². The van der Waals surface area contributed by atoms with E-state index in [1.807, 2.05) is 18.3 Å². The monoisotopic (exact) mass is 344 g/mol. The number of H-pyrrole nitrogens is 1. The van der Waals surface area contributed by atoms with Gasteiger partial charge < -0.3 is 29.7 Å². The molecule has 2 rings (SSSR count). The largest absolute Gasteiger partial charge is 1.00 e. The SMILES string of the molecule is O=S1(=O)CC[NH+](CCSc2cccc[nH+]2)CC1.[Cl-].[Cl-]. The van der Waals surface area contributed by atoms with E-state index in [4.69, 9.17) is 0 Å². The molecule has 0 aliphatic carbocycles. The van der Waals surface area contributed by atoms with Gasteiger partial charge in [-0.05, 0) is 6.07 Å². The molecule has 4 nitrogen and oxygen atoms in total. The third-order valence-electron chi connectivity index (χ3n) is 2.93. The zero-order valence-corrected chi connectivity index (χ0v) is 13.6. The van der Waals surface area contributed by atoms with Crippen molar-refractivity contribution in [2.45, 2.75) is 5.03 Å². The summed E-state index contributed by atoms with van der Waals surface area (Å²) in [5.41, 5.74) is 0. The van der Waals surface area contributed by atoms with Crippen LogP contribution < -0.4 is 34.7 Å². The predicted octanol–water partition coefficient (Wildman–Crippen LogP) is -7.09. The first-order valence-corrected chi connectivity index (χ1v) is 8.60. The molecule has 1 fully saturated rings. The molecule has 1 saturated heterocycles. The second kappa shape index (κ2) is 9.02. The number of thioether (sulfide) groups is 1. The molecular formula is C11H18Cl2N2O2S2. The highest BCUT2D eigenvalue weighted by Gasteiger charge is 2.24. The zero-order chi connectivity index (χ0) is 12.1. The van der Waals surface area contributed by atoms with Crippen LogP contribution in [-0.2, 0) is 9.84 Å². The number of halogens is 2. The Morgan fingerprint density at radius 1 is 1.21 bits per heavy atom. The summed E-state index contributed by atoms with van der Waals surface area (Å²) < 4.78 is 22.5. The molecule has 0 unspecified atom stereocenters. The minimum Gasteiger partial charge on any atom is -1.00 e. The van der Waals surface area contributed by atoms with Crippen molar-refractivity contribution in [3.8, 4) is 0 Å². The Labute approximate surface area is 131 Å². The molecule has 2 heterocycles. The fourth-order valence-corrected chi connectivity index (χ4v) is 4.19. The van der Waals surface area contributed by atoms with Gasteiger partial charge in [-0.3, -0.25) is 0 Å². The van der Waals surface area contributed by atoms with E-state index in [-0.39, 0.29) is 24.8 Å². The average Bonchev–Trinajstić information content (AvgIpc) is 2.33. The van der Waals surface area contributed by atoms with Gasteiger partial charge in [-0.1, -0.05) is 11.8 Å². The first kappa shape index (κ1) is 19.0. The minimum absolute atomic E-state index is 0. The molecule has 0 amide bonds. The van der Waals surface area contributed by atoms with Crippen LogP contribution in [0.3, 0.4) is 0 Å². The van der Waals surface area contributed by atoms with Gasteiger partial charge in [0.2, 0.25) is 5.03 Å². The third-order valence-corrected chi connectivity index (χ3v) is 5.55. The van der Waals surface area contributed by atoms with E-state index in [2.05, 4.69) is 11.1 Å². The summed E-state index contributed by atoms with van der Waals surface area (Å²) in [4.78, 5) is 4.58. The lowest BCUT2D eigenvalue weighted by atomic mass is 10.5. The van der Waals surface area contributed by atoms with Gasteiger partial charge in [0.25, 0.3) is 0 Å². The number of hydrogen-bond donors (Lipinski definition) is 1. The Hall–Kier alpha value is -0.0100. The maximum Gasteiger partial charge on any atom is 0.238 e. The number of sulfone groups is 1. The van der Waals surface area contributed by atoms with Crippen LogP contribution in [-0.4, -0.2) is 45.3 Å². The number of aromatic amines is 1. The number of pyridine rings is 1. The van der Waals surface area contributed by atoms with Crippen molar-refractivity contribution in [1.82, 2.24) is 0 Å². The molecule has 0 radical (unpaired) electrons. The molecule has 1 aromatic heterocycles. The molecular weight excluding hydrogens is 327 g/mol. The summed E-state index contributed by atoms with van der Waals surface area (Å²) >= 11 is 1.79. The molecule has 2 N–H and O–H groups in total. The summed E-state index contributed by atoms with van der Waals surface area (Å²) in [6.45, 7) is 2.56. The van der Waals surface area contributed by atoms with Crippen molar-refractivity contribution in [2.24, 2.45) is 0 Å². The summed E-state index contributed by atoms with van der Waals surface area (Å²) in [6, 6.07) is 6.03.